The van der Waals surface area contributed by atoms with E-state index in [9.17, 15) is 19.0 Å². The molecule has 39 heavy (non-hydrogen) atoms. The molecule has 2 unspecified atom stereocenters. The average Bonchev–Trinajstić information content (AvgIpc) is 3.34. The quantitative estimate of drug-likeness (QED) is 0.182. The van der Waals surface area contributed by atoms with E-state index in [-0.39, 0.29) is 18.5 Å². The third kappa shape index (κ3) is 7.47. The number of carbonyl (C=O) groups is 2. The standard InChI is InChI=1S/C31H36N3O4P/c1-3-4-18-34-19-17-25-15-16-26(21-28(25)34)31(36)33-29(20-24-11-7-5-8-12-24)39(37,38)22-23(2)30(35)32-27-13-9-6-10-14-27/h5-17,19,21,23,29H,3-4,18,20,22H2,1-2H3,(H,32,35)(H,33,36)(H,37,38)/t23?,29-/m1/s1. The second-order valence-electron chi connectivity index (χ2n) is 10.0. The molecular formula is C31H36N3O4P. The molecule has 2 amide bonds. The fourth-order valence-electron chi connectivity index (χ4n) is 4.60. The van der Waals surface area contributed by atoms with E-state index in [4.69, 9.17) is 0 Å². The molecule has 0 radical (unpaired) electrons. The van der Waals surface area contributed by atoms with Crippen LogP contribution >= 0.6 is 7.37 Å². The molecule has 3 N–H and O–H groups in total. The average molecular weight is 546 g/mol. The molecule has 4 aromatic rings. The number of nitrogens with one attached hydrogen (secondary N) is 2. The normalized spacial score (nSPS) is 14.3. The molecule has 3 atom stereocenters. The zero-order valence-corrected chi connectivity index (χ0v) is 23.3. The third-order valence-electron chi connectivity index (χ3n) is 6.87. The van der Waals surface area contributed by atoms with Crippen molar-refractivity contribution in [3.8, 4) is 0 Å². The second kappa shape index (κ2) is 12.9. The Morgan fingerprint density at radius 1 is 0.974 bits per heavy atom. The lowest BCUT2D eigenvalue weighted by atomic mass is 10.1. The van der Waals surface area contributed by atoms with Gasteiger partial charge in [0.1, 0.15) is 5.78 Å². The molecule has 0 saturated carbocycles. The van der Waals surface area contributed by atoms with E-state index in [0.29, 0.717) is 11.3 Å². The van der Waals surface area contributed by atoms with Crippen LogP contribution in [0.5, 0.6) is 0 Å². The molecule has 0 bridgehead atoms. The minimum absolute atomic E-state index is 0.169. The molecule has 0 spiro atoms. The van der Waals surface area contributed by atoms with Gasteiger partial charge in [-0.15, -0.1) is 0 Å². The van der Waals surface area contributed by atoms with Crippen LogP contribution in [0.3, 0.4) is 0 Å². The summed E-state index contributed by atoms with van der Waals surface area (Å²) in [4.78, 5) is 37.5. The number of carbonyl (C=O) groups excluding carboxylic acids is 2. The summed E-state index contributed by atoms with van der Waals surface area (Å²) in [5, 5.41) is 6.67. The zero-order valence-electron chi connectivity index (χ0n) is 22.4. The highest BCUT2D eigenvalue weighted by Gasteiger charge is 2.36. The highest BCUT2D eigenvalue weighted by Crippen LogP contribution is 2.48. The molecule has 0 fully saturated rings. The van der Waals surface area contributed by atoms with E-state index >= 15 is 0 Å². The Morgan fingerprint density at radius 2 is 1.67 bits per heavy atom. The van der Waals surface area contributed by atoms with Crippen molar-refractivity contribution in [2.75, 3.05) is 11.5 Å². The van der Waals surface area contributed by atoms with Gasteiger partial charge in [-0.05, 0) is 47.7 Å². The number of aryl methyl sites for hydroxylation is 1. The van der Waals surface area contributed by atoms with Crippen molar-refractivity contribution >= 4 is 35.8 Å². The van der Waals surface area contributed by atoms with Crippen molar-refractivity contribution < 1.29 is 19.0 Å². The van der Waals surface area contributed by atoms with Gasteiger partial charge in [-0.2, -0.15) is 0 Å². The van der Waals surface area contributed by atoms with Gasteiger partial charge in [0.2, 0.25) is 13.3 Å². The van der Waals surface area contributed by atoms with Crippen LogP contribution in [0.15, 0.2) is 91.1 Å². The van der Waals surface area contributed by atoms with E-state index in [0.717, 1.165) is 35.9 Å². The number of amides is 2. The fourth-order valence-corrected chi connectivity index (χ4v) is 6.62. The molecule has 0 aliphatic carbocycles. The molecule has 0 aliphatic rings. The van der Waals surface area contributed by atoms with Gasteiger partial charge in [0.15, 0.2) is 0 Å². The summed E-state index contributed by atoms with van der Waals surface area (Å²) >= 11 is 0. The molecule has 0 aliphatic heterocycles. The van der Waals surface area contributed by atoms with Gasteiger partial charge in [-0.25, -0.2) is 0 Å². The monoisotopic (exact) mass is 545 g/mol. The number of aromatic nitrogens is 1. The van der Waals surface area contributed by atoms with E-state index < -0.39 is 25.0 Å². The van der Waals surface area contributed by atoms with Crippen molar-refractivity contribution in [3.05, 3.63) is 102 Å². The Kier molecular flexibility index (Phi) is 9.39. The van der Waals surface area contributed by atoms with Gasteiger partial charge in [0.05, 0.1) is 0 Å². The number of anilines is 1. The number of fused-ring (bicyclic) bond motifs is 1. The maximum atomic E-state index is 13.8. The molecule has 8 heteroatoms. The van der Waals surface area contributed by atoms with Gasteiger partial charge in [0.25, 0.3) is 5.91 Å². The summed E-state index contributed by atoms with van der Waals surface area (Å²) in [6.07, 6.45) is 4.02. The summed E-state index contributed by atoms with van der Waals surface area (Å²) in [6.45, 7) is 4.62. The summed E-state index contributed by atoms with van der Waals surface area (Å²) in [7, 11) is -4.02. The Hall–Kier alpha value is -3.67. The molecular weight excluding hydrogens is 509 g/mol. The van der Waals surface area contributed by atoms with Crippen molar-refractivity contribution in [2.24, 2.45) is 5.92 Å². The summed E-state index contributed by atoms with van der Waals surface area (Å²) < 4.78 is 15.9. The third-order valence-corrected chi connectivity index (χ3v) is 9.23. The van der Waals surface area contributed by atoms with Crippen molar-refractivity contribution in [1.82, 2.24) is 9.88 Å². The van der Waals surface area contributed by atoms with Crippen molar-refractivity contribution in [3.63, 3.8) is 0 Å². The Morgan fingerprint density at radius 3 is 2.36 bits per heavy atom. The van der Waals surface area contributed by atoms with Crippen LogP contribution in [0.25, 0.3) is 10.9 Å². The fraction of sp³-hybridized carbons (Fsp3) is 0.290. The molecule has 1 heterocycles. The lowest BCUT2D eigenvalue weighted by Gasteiger charge is -2.26. The molecule has 4 rings (SSSR count). The van der Waals surface area contributed by atoms with Crippen LogP contribution in [0.4, 0.5) is 5.69 Å². The number of rotatable bonds is 12. The largest absolute Gasteiger partial charge is 0.347 e. The number of hydrogen-bond acceptors (Lipinski definition) is 3. The first kappa shape index (κ1) is 28.3. The first-order valence-corrected chi connectivity index (χ1v) is 15.3. The maximum absolute atomic E-state index is 13.8. The summed E-state index contributed by atoms with van der Waals surface area (Å²) in [6, 6.07) is 25.8. The summed E-state index contributed by atoms with van der Waals surface area (Å²) in [5.41, 5.74) is 2.82. The lowest BCUT2D eigenvalue weighted by Crippen LogP contribution is -2.38. The Labute approximate surface area is 229 Å². The highest BCUT2D eigenvalue weighted by molar-refractivity contribution is 7.58. The maximum Gasteiger partial charge on any atom is 0.252 e. The van der Waals surface area contributed by atoms with Crippen molar-refractivity contribution in [2.45, 2.75) is 45.4 Å². The van der Waals surface area contributed by atoms with Crippen LogP contribution < -0.4 is 10.6 Å². The van der Waals surface area contributed by atoms with Gasteiger partial charge in [-0.1, -0.05) is 74.9 Å². The number of hydrogen-bond donors (Lipinski definition) is 3. The molecule has 204 valence electrons. The van der Waals surface area contributed by atoms with Gasteiger partial charge >= 0.3 is 0 Å². The molecule has 0 saturated heterocycles. The van der Waals surface area contributed by atoms with Crippen LogP contribution in [0, 0.1) is 5.92 Å². The second-order valence-corrected chi connectivity index (χ2v) is 12.5. The molecule has 3 aromatic carbocycles. The van der Waals surface area contributed by atoms with Gasteiger partial charge < -0.3 is 20.1 Å². The Bertz CT molecular complexity index is 1450. The predicted molar refractivity (Wildman–Crippen MR) is 157 cm³/mol. The predicted octanol–water partition coefficient (Wildman–Crippen LogP) is 6.29. The van der Waals surface area contributed by atoms with E-state index in [1.165, 1.54) is 0 Å². The first-order chi connectivity index (χ1) is 18.8. The Balaban J connectivity index is 1.54. The van der Waals surface area contributed by atoms with Crippen LogP contribution in [-0.4, -0.2) is 33.2 Å². The first-order valence-electron chi connectivity index (χ1n) is 13.4. The van der Waals surface area contributed by atoms with Gasteiger partial charge in [-0.3, -0.25) is 14.2 Å². The SMILES string of the molecule is CCCCn1ccc2ccc(C(=O)N[C@@H](Cc3ccccc3)P(=O)(O)CC(C)C(=O)Nc3ccccc3)cc21. The van der Waals surface area contributed by atoms with E-state index in [1.54, 1.807) is 37.3 Å². The van der Waals surface area contributed by atoms with Gasteiger partial charge in [0, 0.05) is 48.0 Å². The van der Waals surface area contributed by atoms with Crippen molar-refractivity contribution in [1.29, 1.82) is 0 Å². The number of unbranched alkanes of at least 4 members (excludes halogenated alkanes) is 1. The van der Waals surface area contributed by atoms with E-state index in [2.05, 4.69) is 22.1 Å². The number of nitrogens with zero attached hydrogens (tertiary/aromatic N) is 1. The topological polar surface area (TPSA) is 100 Å². The summed E-state index contributed by atoms with van der Waals surface area (Å²) in [5.74, 6) is -2.56. The van der Waals surface area contributed by atoms with Crippen LogP contribution in [-0.2, 0) is 22.3 Å². The molecule has 1 aromatic heterocycles. The minimum Gasteiger partial charge on any atom is -0.347 e. The minimum atomic E-state index is -4.02. The lowest BCUT2D eigenvalue weighted by molar-refractivity contribution is -0.118. The number of para-hydroxylation sites is 1. The van der Waals surface area contributed by atoms with Crippen LogP contribution in [0.1, 0.15) is 42.6 Å². The zero-order chi connectivity index (χ0) is 27.8. The van der Waals surface area contributed by atoms with E-state index in [1.807, 2.05) is 60.8 Å². The molecule has 7 nitrogen and oxygen atoms in total. The van der Waals surface area contributed by atoms with Crippen LogP contribution in [0.2, 0.25) is 0 Å². The number of benzene rings is 3. The smallest absolute Gasteiger partial charge is 0.252 e. The highest BCUT2D eigenvalue weighted by atomic mass is 31.2.